The number of hydrogen-bond donors (Lipinski definition) is 1. The molecule has 1 aromatic rings. The lowest BCUT2D eigenvalue weighted by molar-refractivity contribution is -0.0346. The van der Waals surface area contributed by atoms with Crippen molar-refractivity contribution in [2.24, 2.45) is 5.41 Å². The molecule has 148 valence electrons. The van der Waals surface area contributed by atoms with E-state index in [9.17, 15) is 4.79 Å². The number of ether oxygens (including phenoxy) is 1. The maximum absolute atomic E-state index is 12.7. The first-order valence-corrected chi connectivity index (χ1v) is 9.83. The highest BCUT2D eigenvalue weighted by molar-refractivity contribution is 5.89. The van der Waals surface area contributed by atoms with Crippen LogP contribution in [0.15, 0.2) is 53.6 Å². The van der Waals surface area contributed by atoms with Gasteiger partial charge in [-0.3, -0.25) is 4.90 Å². The van der Waals surface area contributed by atoms with Crippen LogP contribution < -0.4 is 5.32 Å². The highest BCUT2D eigenvalue weighted by atomic mass is 16.5. The molecule has 0 bridgehead atoms. The number of para-hydroxylation sites is 1. The third-order valence-electron chi connectivity index (χ3n) is 4.91. The number of urea groups is 1. The topological polar surface area (TPSA) is 41.6 Å². The molecule has 0 radical (unpaired) electrons. The van der Waals surface area contributed by atoms with Gasteiger partial charge < -0.3 is 10.1 Å². The monoisotopic (exact) mass is 370 g/mol. The Hall–Kier alpha value is -2.07. The van der Waals surface area contributed by atoms with E-state index in [4.69, 9.17) is 4.74 Å². The second kappa shape index (κ2) is 9.75. The van der Waals surface area contributed by atoms with Crippen molar-refractivity contribution >= 4 is 11.7 Å². The van der Waals surface area contributed by atoms with E-state index in [1.165, 1.54) is 11.1 Å². The molecule has 0 aromatic heterocycles. The van der Waals surface area contributed by atoms with E-state index in [1.807, 2.05) is 35.2 Å². The SMILES string of the molecule is CC(C)=CCC/C(C)=C/CC(C)(C)[C@H]1OCCN1C(=O)Nc1ccccc1. The number of nitrogens with zero attached hydrogens (tertiary/aromatic N) is 1. The lowest BCUT2D eigenvalue weighted by Crippen LogP contribution is -2.46. The molecule has 1 fully saturated rings. The molecule has 0 spiro atoms. The summed E-state index contributed by atoms with van der Waals surface area (Å²) < 4.78 is 5.96. The smallest absolute Gasteiger partial charge is 0.323 e. The lowest BCUT2D eigenvalue weighted by atomic mass is 9.85. The molecular weight excluding hydrogens is 336 g/mol. The van der Waals surface area contributed by atoms with Crippen LogP contribution in [0.4, 0.5) is 10.5 Å². The van der Waals surface area contributed by atoms with Crippen molar-refractivity contribution in [2.75, 3.05) is 18.5 Å². The molecule has 4 heteroatoms. The molecule has 0 unspecified atom stereocenters. The first-order chi connectivity index (χ1) is 12.8. The van der Waals surface area contributed by atoms with Gasteiger partial charge in [-0.25, -0.2) is 4.79 Å². The molecule has 1 N–H and O–H groups in total. The quantitative estimate of drug-likeness (QED) is 0.599. The molecule has 1 atom stereocenters. The number of amides is 2. The minimum Gasteiger partial charge on any atom is -0.356 e. The van der Waals surface area contributed by atoms with E-state index in [0.717, 1.165) is 24.9 Å². The molecular formula is C23H34N2O2. The third kappa shape index (κ3) is 6.55. The zero-order valence-electron chi connectivity index (χ0n) is 17.4. The van der Waals surface area contributed by atoms with Crippen LogP contribution in [-0.2, 0) is 4.74 Å². The number of carbonyl (C=O) groups excluding carboxylic acids is 1. The summed E-state index contributed by atoms with van der Waals surface area (Å²) >= 11 is 0. The number of anilines is 1. The van der Waals surface area contributed by atoms with Gasteiger partial charge in [0.15, 0.2) is 0 Å². The van der Waals surface area contributed by atoms with E-state index >= 15 is 0 Å². The van der Waals surface area contributed by atoms with E-state index in [-0.39, 0.29) is 17.7 Å². The van der Waals surface area contributed by atoms with Crippen LogP contribution in [0.2, 0.25) is 0 Å². The van der Waals surface area contributed by atoms with Crippen LogP contribution in [0.5, 0.6) is 0 Å². The van der Waals surface area contributed by atoms with Crippen molar-refractivity contribution in [2.45, 2.75) is 60.1 Å². The zero-order chi connectivity index (χ0) is 19.9. The number of allylic oxidation sites excluding steroid dienone is 4. The van der Waals surface area contributed by atoms with Crippen LogP contribution in [0.3, 0.4) is 0 Å². The standard InChI is InChI=1S/C23H34N2O2/c1-18(2)10-9-11-19(3)14-15-23(4,5)21-25(16-17-27-21)22(26)24-20-12-7-6-8-13-20/h6-8,10,12-14,21H,9,11,15-17H2,1-5H3,(H,24,26)/b19-14+/t21-/m1/s1. The number of benzene rings is 1. The Morgan fingerprint density at radius 3 is 2.59 bits per heavy atom. The minimum absolute atomic E-state index is 0.0963. The van der Waals surface area contributed by atoms with Gasteiger partial charge in [0.2, 0.25) is 0 Å². The van der Waals surface area contributed by atoms with Gasteiger partial charge in [-0.1, -0.05) is 55.3 Å². The molecule has 4 nitrogen and oxygen atoms in total. The van der Waals surface area contributed by atoms with Crippen LogP contribution >= 0.6 is 0 Å². The van der Waals surface area contributed by atoms with E-state index in [2.05, 4.69) is 52.1 Å². The van der Waals surface area contributed by atoms with Gasteiger partial charge in [0.25, 0.3) is 0 Å². The summed E-state index contributed by atoms with van der Waals surface area (Å²) in [7, 11) is 0. The van der Waals surface area contributed by atoms with Crippen molar-refractivity contribution in [3.05, 3.63) is 53.6 Å². The van der Waals surface area contributed by atoms with Crippen molar-refractivity contribution in [1.29, 1.82) is 0 Å². The molecule has 2 amide bonds. The summed E-state index contributed by atoms with van der Waals surface area (Å²) in [5.41, 5.74) is 3.41. The largest absolute Gasteiger partial charge is 0.356 e. The van der Waals surface area contributed by atoms with E-state index < -0.39 is 0 Å². The predicted molar refractivity (Wildman–Crippen MR) is 113 cm³/mol. The molecule has 2 rings (SSSR count). The van der Waals surface area contributed by atoms with E-state index in [1.54, 1.807) is 0 Å². The van der Waals surface area contributed by atoms with Crippen molar-refractivity contribution < 1.29 is 9.53 Å². The maximum atomic E-state index is 12.7. The van der Waals surface area contributed by atoms with E-state index in [0.29, 0.717) is 13.2 Å². The molecule has 0 saturated carbocycles. The fourth-order valence-corrected chi connectivity index (χ4v) is 3.27. The van der Waals surface area contributed by atoms with Crippen molar-refractivity contribution in [3.63, 3.8) is 0 Å². The number of rotatable bonds is 7. The maximum Gasteiger partial charge on any atom is 0.323 e. The lowest BCUT2D eigenvalue weighted by Gasteiger charge is -2.36. The second-order valence-electron chi connectivity index (χ2n) is 8.28. The molecule has 27 heavy (non-hydrogen) atoms. The number of carbonyl (C=O) groups is 1. The van der Waals surface area contributed by atoms with Gasteiger partial charge in [-0.2, -0.15) is 0 Å². The van der Waals surface area contributed by atoms with Crippen LogP contribution in [0.25, 0.3) is 0 Å². The Morgan fingerprint density at radius 1 is 1.22 bits per heavy atom. The van der Waals surface area contributed by atoms with Crippen LogP contribution in [-0.4, -0.2) is 30.3 Å². The first-order valence-electron chi connectivity index (χ1n) is 9.83. The van der Waals surface area contributed by atoms with Gasteiger partial charge in [0.05, 0.1) is 6.61 Å². The average Bonchev–Trinajstić information content (AvgIpc) is 3.11. The van der Waals surface area contributed by atoms with Gasteiger partial charge in [-0.15, -0.1) is 0 Å². The third-order valence-corrected chi connectivity index (χ3v) is 4.91. The Labute approximate surface area is 164 Å². The zero-order valence-corrected chi connectivity index (χ0v) is 17.4. The van der Waals surface area contributed by atoms with Crippen molar-refractivity contribution in [3.8, 4) is 0 Å². The summed E-state index contributed by atoms with van der Waals surface area (Å²) in [5.74, 6) is 0. The Balaban J connectivity index is 1.97. The fourth-order valence-electron chi connectivity index (χ4n) is 3.27. The highest BCUT2D eigenvalue weighted by Crippen LogP contribution is 2.34. The molecule has 1 aliphatic heterocycles. The summed E-state index contributed by atoms with van der Waals surface area (Å²) in [5, 5.41) is 2.97. The molecule has 1 aromatic carbocycles. The highest BCUT2D eigenvalue weighted by Gasteiger charge is 2.40. The Bertz CT molecular complexity index is 673. The summed E-state index contributed by atoms with van der Waals surface area (Å²) in [6, 6.07) is 9.47. The average molecular weight is 371 g/mol. The summed E-state index contributed by atoms with van der Waals surface area (Å²) in [6.45, 7) is 12.0. The fraction of sp³-hybridized carbons (Fsp3) is 0.522. The van der Waals surface area contributed by atoms with Gasteiger partial charge in [-0.05, 0) is 52.2 Å². The summed E-state index contributed by atoms with van der Waals surface area (Å²) in [4.78, 5) is 14.5. The molecule has 1 heterocycles. The van der Waals surface area contributed by atoms with Gasteiger partial charge in [0, 0.05) is 17.6 Å². The predicted octanol–water partition coefficient (Wildman–Crippen LogP) is 5.99. The van der Waals surface area contributed by atoms with Gasteiger partial charge in [0.1, 0.15) is 6.23 Å². The Morgan fingerprint density at radius 2 is 1.93 bits per heavy atom. The van der Waals surface area contributed by atoms with Crippen LogP contribution in [0, 0.1) is 5.41 Å². The Kier molecular flexibility index (Phi) is 7.66. The second-order valence-corrected chi connectivity index (χ2v) is 8.28. The molecule has 1 aliphatic rings. The number of nitrogens with one attached hydrogen (secondary N) is 1. The van der Waals surface area contributed by atoms with Crippen molar-refractivity contribution in [1.82, 2.24) is 4.90 Å². The minimum atomic E-state index is -0.219. The van der Waals surface area contributed by atoms with Gasteiger partial charge >= 0.3 is 6.03 Å². The summed E-state index contributed by atoms with van der Waals surface area (Å²) in [6.07, 6.45) is 7.39. The van der Waals surface area contributed by atoms with Crippen LogP contribution in [0.1, 0.15) is 53.9 Å². The first kappa shape index (κ1) is 21.2. The molecule has 0 aliphatic carbocycles. The normalized spacial score (nSPS) is 17.7. The number of hydrogen-bond acceptors (Lipinski definition) is 2. The molecule has 1 saturated heterocycles.